The summed E-state index contributed by atoms with van der Waals surface area (Å²) in [6.07, 6.45) is 5.82. The molecule has 3 nitrogen and oxygen atoms in total. The van der Waals surface area contributed by atoms with Gasteiger partial charge in [-0.2, -0.15) is 0 Å². The first-order valence-corrected chi connectivity index (χ1v) is 6.39. The van der Waals surface area contributed by atoms with Gasteiger partial charge >= 0.3 is 0 Å². The quantitative estimate of drug-likeness (QED) is 0.865. The Bertz CT molecular complexity index is 537. The fourth-order valence-corrected chi connectivity index (χ4v) is 1.82. The number of nitrogens with zero attached hydrogens (tertiary/aromatic N) is 2. The summed E-state index contributed by atoms with van der Waals surface area (Å²) >= 11 is 0. The summed E-state index contributed by atoms with van der Waals surface area (Å²) in [5.74, 6) is -0.903. The molecule has 19 heavy (non-hydrogen) atoms. The van der Waals surface area contributed by atoms with Crippen molar-refractivity contribution in [2.75, 3.05) is 5.32 Å². The van der Waals surface area contributed by atoms with Crippen molar-refractivity contribution < 1.29 is 8.78 Å². The van der Waals surface area contributed by atoms with Crippen LogP contribution in [-0.2, 0) is 13.1 Å². The molecule has 0 bridgehead atoms. The predicted octanol–water partition coefficient (Wildman–Crippen LogP) is 3.57. The van der Waals surface area contributed by atoms with Gasteiger partial charge in [0.25, 0.3) is 0 Å². The second kappa shape index (κ2) is 6.31. The molecule has 0 amide bonds. The number of nitrogens with one attached hydrogen (secondary N) is 1. The summed E-state index contributed by atoms with van der Waals surface area (Å²) in [4.78, 5) is 4.21. The fourth-order valence-electron chi connectivity index (χ4n) is 1.82. The Morgan fingerprint density at radius 3 is 2.84 bits per heavy atom. The third kappa shape index (κ3) is 3.53. The summed E-state index contributed by atoms with van der Waals surface area (Å²) in [5.41, 5.74) is 0.684. The van der Waals surface area contributed by atoms with Gasteiger partial charge in [0.05, 0.1) is 0 Å². The number of benzene rings is 1. The van der Waals surface area contributed by atoms with Crippen LogP contribution in [0.15, 0.2) is 30.6 Å². The number of halogens is 2. The van der Waals surface area contributed by atoms with Crippen LogP contribution in [0.2, 0.25) is 0 Å². The lowest BCUT2D eigenvalue weighted by Crippen LogP contribution is -2.07. The standard InChI is InChI=1S/C14H17F2N3/c1-2-3-7-19-8-6-17-14(19)18-10-11-4-5-12(15)13(16)9-11/h4-6,8-9H,2-3,7,10H2,1H3,(H,17,18). The molecule has 0 aliphatic heterocycles. The van der Waals surface area contributed by atoms with E-state index in [1.807, 2.05) is 10.8 Å². The van der Waals surface area contributed by atoms with Gasteiger partial charge < -0.3 is 9.88 Å². The number of aromatic nitrogens is 2. The van der Waals surface area contributed by atoms with Gasteiger partial charge in [0.2, 0.25) is 5.95 Å². The van der Waals surface area contributed by atoms with Crippen molar-refractivity contribution in [3.8, 4) is 0 Å². The van der Waals surface area contributed by atoms with Crippen molar-refractivity contribution in [1.29, 1.82) is 0 Å². The number of imidazole rings is 1. The van der Waals surface area contributed by atoms with Crippen LogP contribution in [0.1, 0.15) is 25.3 Å². The van der Waals surface area contributed by atoms with Crippen molar-refractivity contribution in [2.45, 2.75) is 32.9 Å². The largest absolute Gasteiger partial charge is 0.352 e. The van der Waals surface area contributed by atoms with Crippen LogP contribution in [0.25, 0.3) is 0 Å². The molecule has 0 saturated carbocycles. The molecule has 0 aliphatic carbocycles. The number of hydrogen-bond acceptors (Lipinski definition) is 2. The minimum absolute atomic E-state index is 0.417. The topological polar surface area (TPSA) is 29.9 Å². The SMILES string of the molecule is CCCCn1ccnc1NCc1ccc(F)c(F)c1. The molecule has 0 fully saturated rings. The summed E-state index contributed by atoms with van der Waals surface area (Å²) in [6.45, 7) is 3.45. The number of aryl methyl sites for hydroxylation is 1. The van der Waals surface area contributed by atoms with E-state index in [4.69, 9.17) is 0 Å². The fraction of sp³-hybridized carbons (Fsp3) is 0.357. The van der Waals surface area contributed by atoms with Gasteiger partial charge in [-0.15, -0.1) is 0 Å². The van der Waals surface area contributed by atoms with Gasteiger partial charge in [-0.25, -0.2) is 13.8 Å². The van der Waals surface area contributed by atoms with E-state index in [0.717, 1.165) is 31.4 Å². The molecule has 1 heterocycles. The number of unbranched alkanes of at least 4 members (excludes halogenated alkanes) is 1. The molecule has 5 heteroatoms. The van der Waals surface area contributed by atoms with Crippen molar-refractivity contribution in [2.24, 2.45) is 0 Å². The lowest BCUT2D eigenvalue weighted by Gasteiger charge is -2.09. The first kappa shape index (κ1) is 13.5. The molecule has 0 aliphatic rings. The van der Waals surface area contributed by atoms with Gasteiger partial charge in [-0.1, -0.05) is 19.4 Å². The van der Waals surface area contributed by atoms with Crippen molar-refractivity contribution in [3.05, 3.63) is 47.8 Å². The van der Waals surface area contributed by atoms with Crippen LogP contribution in [0.3, 0.4) is 0 Å². The summed E-state index contributed by atoms with van der Waals surface area (Å²) in [5, 5.41) is 3.13. The monoisotopic (exact) mass is 265 g/mol. The average molecular weight is 265 g/mol. The highest BCUT2D eigenvalue weighted by Crippen LogP contribution is 2.12. The maximum Gasteiger partial charge on any atom is 0.203 e. The Morgan fingerprint density at radius 2 is 2.11 bits per heavy atom. The van der Waals surface area contributed by atoms with E-state index < -0.39 is 11.6 Å². The van der Waals surface area contributed by atoms with Crippen LogP contribution in [-0.4, -0.2) is 9.55 Å². The Balaban J connectivity index is 1.98. The summed E-state index contributed by atoms with van der Waals surface area (Å²) in [7, 11) is 0. The maximum atomic E-state index is 13.1. The first-order valence-electron chi connectivity index (χ1n) is 6.39. The molecule has 0 spiro atoms. The lowest BCUT2D eigenvalue weighted by molar-refractivity contribution is 0.507. The van der Waals surface area contributed by atoms with E-state index in [-0.39, 0.29) is 0 Å². The molecule has 0 saturated heterocycles. The third-order valence-corrected chi connectivity index (χ3v) is 2.90. The lowest BCUT2D eigenvalue weighted by atomic mass is 10.2. The minimum Gasteiger partial charge on any atom is -0.352 e. The Hall–Kier alpha value is -1.91. The predicted molar refractivity (Wildman–Crippen MR) is 70.8 cm³/mol. The van der Waals surface area contributed by atoms with E-state index in [2.05, 4.69) is 17.2 Å². The van der Waals surface area contributed by atoms with E-state index >= 15 is 0 Å². The Morgan fingerprint density at radius 1 is 1.26 bits per heavy atom. The average Bonchev–Trinajstić information content (AvgIpc) is 2.85. The molecule has 0 atom stereocenters. The first-order chi connectivity index (χ1) is 9.20. The van der Waals surface area contributed by atoms with Gasteiger partial charge in [-0.05, 0) is 24.1 Å². The Kier molecular flexibility index (Phi) is 4.49. The smallest absolute Gasteiger partial charge is 0.203 e. The van der Waals surface area contributed by atoms with Crippen LogP contribution in [0.4, 0.5) is 14.7 Å². The molecular formula is C14H17F2N3. The molecule has 102 valence electrons. The van der Waals surface area contributed by atoms with Crippen LogP contribution < -0.4 is 5.32 Å². The van der Waals surface area contributed by atoms with E-state index in [0.29, 0.717) is 12.1 Å². The molecule has 0 unspecified atom stereocenters. The Labute approximate surface area is 111 Å². The minimum atomic E-state index is -0.826. The summed E-state index contributed by atoms with van der Waals surface area (Å²) < 4.78 is 27.9. The van der Waals surface area contributed by atoms with Gasteiger partial charge in [0.15, 0.2) is 11.6 Å². The molecular weight excluding hydrogens is 248 g/mol. The van der Waals surface area contributed by atoms with Crippen LogP contribution >= 0.6 is 0 Å². The van der Waals surface area contributed by atoms with Gasteiger partial charge in [-0.3, -0.25) is 0 Å². The third-order valence-electron chi connectivity index (χ3n) is 2.90. The van der Waals surface area contributed by atoms with E-state index in [1.54, 1.807) is 12.3 Å². The van der Waals surface area contributed by atoms with E-state index in [9.17, 15) is 8.78 Å². The number of anilines is 1. The van der Waals surface area contributed by atoms with Gasteiger partial charge in [0, 0.05) is 25.5 Å². The van der Waals surface area contributed by atoms with Crippen LogP contribution in [0, 0.1) is 11.6 Å². The molecule has 1 aromatic carbocycles. The molecule has 1 aromatic heterocycles. The zero-order valence-corrected chi connectivity index (χ0v) is 10.9. The zero-order chi connectivity index (χ0) is 13.7. The molecule has 2 aromatic rings. The zero-order valence-electron chi connectivity index (χ0n) is 10.9. The molecule has 2 rings (SSSR count). The highest BCUT2D eigenvalue weighted by atomic mass is 19.2. The van der Waals surface area contributed by atoms with Gasteiger partial charge in [0.1, 0.15) is 0 Å². The number of hydrogen-bond donors (Lipinski definition) is 1. The normalized spacial score (nSPS) is 10.7. The summed E-state index contributed by atoms with van der Waals surface area (Å²) in [6, 6.07) is 3.89. The molecule has 1 N–H and O–H groups in total. The second-order valence-corrected chi connectivity index (χ2v) is 4.40. The highest BCUT2D eigenvalue weighted by Gasteiger charge is 2.05. The van der Waals surface area contributed by atoms with Crippen molar-refractivity contribution >= 4 is 5.95 Å². The van der Waals surface area contributed by atoms with Crippen molar-refractivity contribution in [1.82, 2.24) is 9.55 Å². The number of rotatable bonds is 6. The van der Waals surface area contributed by atoms with Crippen LogP contribution in [0.5, 0.6) is 0 Å². The highest BCUT2D eigenvalue weighted by molar-refractivity contribution is 5.29. The maximum absolute atomic E-state index is 13.1. The van der Waals surface area contributed by atoms with E-state index in [1.165, 1.54) is 6.07 Å². The second-order valence-electron chi connectivity index (χ2n) is 4.40. The molecule has 0 radical (unpaired) electrons. The van der Waals surface area contributed by atoms with Crippen molar-refractivity contribution in [3.63, 3.8) is 0 Å².